The summed E-state index contributed by atoms with van der Waals surface area (Å²) in [5.41, 5.74) is 0. The summed E-state index contributed by atoms with van der Waals surface area (Å²) in [6.07, 6.45) is 4.32. The van der Waals surface area contributed by atoms with Crippen molar-refractivity contribution in [1.82, 2.24) is 15.1 Å². The van der Waals surface area contributed by atoms with Gasteiger partial charge in [-0.05, 0) is 50.5 Å². The molecule has 0 aromatic heterocycles. The summed E-state index contributed by atoms with van der Waals surface area (Å²) >= 11 is 0. The molecule has 9 heteroatoms. The minimum Gasteiger partial charge on any atom is -0.494 e. The molecule has 1 aliphatic heterocycles. The van der Waals surface area contributed by atoms with E-state index in [1.807, 2.05) is 11.8 Å². The lowest BCUT2D eigenvalue weighted by Crippen LogP contribution is -2.55. The molecule has 0 spiro atoms. The van der Waals surface area contributed by atoms with Crippen molar-refractivity contribution in [3.05, 3.63) is 24.3 Å². The third-order valence-corrected chi connectivity index (χ3v) is 6.70. The maximum Gasteiger partial charge on any atom is 0.237 e. The number of sulfone groups is 1. The van der Waals surface area contributed by atoms with E-state index in [9.17, 15) is 18.0 Å². The van der Waals surface area contributed by atoms with Crippen LogP contribution in [0.5, 0.6) is 5.75 Å². The second-order valence-electron chi connectivity index (χ2n) is 8.07. The number of hydrogen-bond acceptors (Lipinski definition) is 6. The van der Waals surface area contributed by atoms with Gasteiger partial charge in [0.25, 0.3) is 0 Å². The largest absolute Gasteiger partial charge is 0.494 e. The zero-order chi connectivity index (χ0) is 21.7. The first-order valence-electron chi connectivity index (χ1n) is 10.5. The van der Waals surface area contributed by atoms with Gasteiger partial charge in [0.1, 0.15) is 5.75 Å². The van der Waals surface area contributed by atoms with Crippen molar-refractivity contribution >= 4 is 21.7 Å². The van der Waals surface area contributed by atoms with E-state index in [1.54, 1.807) is 12.1 Å². The zero-order valence-electron chi connectivity index (χ0n) is 17.7. The van der Waals surface area contributed by atoms with Gasteiger partial charge in [-0.2, -0.15) is 0 Å². The monoisotopic (exact) mass is 437 g/mol. The minimum absolute atomic E-state index is 0.0824. The van der Waals surface area contributed by atoms with Crippen LogP contribution in [0.25, 0.3) is 0 Å². The van der Waals surface area contributed by atoms with Crippen molar-refractivity contribution < 1.29 is 22.7 Å². The minimum atomic E-state index is -3.22. The molecule has 2 amide bonds. The highest BCUT2D eigenvalue weighted by Crippen LogP contribution is 2.19. The van der Waals surface area contributed by atoms with Crippen LogP contribution in [0, 0.1) is 0 Å². The van der Waals surface area contributed by atoms with E-state index in [4.69, 9.17) is 4.74 Å². The number of rotatable bonds is 9. The number of nitrogens with one attached hydrogen (secondary N) is 1. The third-order valence-electron chi connectivity index (χ3n) is 5.57. The molecule has 2 fully saturated rings. The molecule has 1 atom stereocenters. The van der Waals surface area contributed by atoms with Gasteiger partial charge in [-0.25, -0.2) is 8.42 Å². The van der Waals surface area contributed by atoms with Crippen LogP contribution >= 0.6 is 0 Å². The van der Waals surface area contributed by atoms with Gasteiger partial charge < -0.3 is 15.0 Å². The van der Waals surface area contributed by atoms with Gasteiger partial charge >= 0.3 is 0 Å². The number of piperazine rings is 1. The summed E-state index contributed by atoms with van der Waals surface area (Å²) < 4.78 is 28.5. The fourth-order valence-electron chi connectivity index (χ4n) is 3.43. The number of hydrogen-bond donors (Lipinski definition) is 1. The van der Waals surface area contributed by atoms with E-state index >= 15 is 0 Å². The van der Waals surface area contributed by atoms with Crippen molar-refractivity contribution in [3.8, 4) is 5.75 Å². The highest BCUT2D eigenvalue weighted by atomic mass is 32.2. The lowest BCUT2D eigenvalue weighted by Gasteiger charge is -2.37. The Balaban J connectivity index is 1.33. The van der Waals surface area contributed by atoms with Gasteiger partial charge in [0.15, 0.2) is 9.84 Å². The number of nitrogens with zero attached hydrogens (tertiary/aromatic N) is 2. The van der Waals surface area contributed by atoms with E-state index in [0.29, 0.717) is 57.4 Å². The van der Waals surface area contributed by atoms with Gasteiger partial charge in [-0.15, -0.1) is 0 Å². The van der Waals surface area contributed by atoms with Gasteiger partial charge in [-0.3, -0.25) is 14.5 Å². The molecular formula is C21H31N3O5S. The fourth-order valence-corrected chi connectivity index (χ4v) is 4.06. The van der Waals surface area contributed by atoms with Gasteiger partial charge in [0.05, 0.1) is 17.5 Å². The van der Waals surface area contributed by atoms with Crippen LogP contribution < -0.4 is 10.1 Å². The summed E-state index contributed by atoms with van der Waals surface area (Å²) in [5.74, 6) is 0.765. The van der Waals surface area contributed by atoms with Crippen LogP contribution in [0.3, 0.4) is 0 Å². The average Bonchev–Trinajstić information content (AvgIpc) is 3.54. The molecular weight excluding hydrogens is 406 g/mol. The molecule has 1 N–H and O–H groups in total. The number of benzene rings is 1. The Kier molecular flexibility index (Phi) is 7.36. The number of ether oxygens (including phenoxy) is 1. The van der Waals surface area contributed by atoms with E-state index in [2.05, 4.69) is 10.2 Å². The Morgan fingerprint density at radius 3 is 2.33 bits per heavy atom. The molecule has 2 aliphatic rings. The van der Waals surface area contributed by atoms with Crippen LogP contribution in [0.4, 0.5) is 0 Å². The van der Waals surface area contributed by atoms with Crippen LogP contribution in [0.2, 0.25) is 0 Å². The Morgan fingerprint density at radius 2 is 1.77 bits per heavy atom. The lowest BCUT2D eigenvalue weighted by atomic mass is 10.2. The fraction of sp³-hybridized carbons (Fsp3) is 0.619. The Bertz CT molecular complexity index is 844. The first kappa shape index (κ1) is 22.6. The maximum absolute atomic E-state index is 12.4. The van der Waals surface area contributed by atoms with E-state index in [1.165, 1.54) is 12.1 Å². The predicted octanol–water partition coefficient (Wildman–Crippen LogP) is 1.06. The molecule has 1 aliphatic carbocycles. The molecule has 1 saturated heterocycles. The van der Waals surface area contributed by atoms with Crippen molar-refractivity contribution in [2.24, 2.45) is 0 Å². The zero-order valence-corrected chi connectivity index (χ0v) is 18.5. The smallest absolute Gasteiger partial charge is 0.237 e. The summed E-state index contributed by atoms with van der Waals surface area (Å²) in [6, 6.07) is 6.48. The maximum atomic E-state index is 12.4. The molecule has 30 heavy (non-hydrogen) atoms. The number of carbonyl (C=O) groups is 2. The van der Waals surface area contributed by atoms with Crippen molar-refractivity contribution in [3.63, 3.8) is 0 Å². The third kappa shape index (κ3) is 6.43. The molecule has 1 heterocycles. The normalized spacial score (nSPS) is 18.7. The topological polar surface area (TPSA) is 96.0 Å². The van der Waals surface area contributed by atoms with Gasteiger partial charge in [0, 0.05) is 44.9 Å². The van der Waals surface area contributed by atoms with Crippen molar-refractivity contribution in [1.29, 1.82) is 0 Å². The first-order valence-corrected chi connectivity index (χ1v) is 12.4. The number of carbonyl (C=O) groups excluding carboxylic acids is 2. The van der Waals surface area contributed by atoms with Gasteiger partial charge in [0.2, 0.25) is 11.8 Å². The molecule has 1 aromatic carbocycles. The molecule has 1 saturated carbocycles. The first-order chi connectivity index (χ1) is 14.2. The van der Waals surface area contributed by atoms with E-state index < -0.39 is 9.84 Å². The highest BCUT2D eigenvalue weighted by Gasteiger charge is 2.30. The summed E-state index contributed by atoms with van der Waals surface area (Å²) in [5, 5.41) is 3.04. The molecule has 0 radical (unpaired) electrons. The molecule has 1 aromatic rings. The van der Waals surface area contributed by atoms with E-state index in [0.717, 1.165) is 19.1 Å². The van der Waals surface area contributed by atoms with Crippen LogP contribution in [-0.2, 0) is 19.4 Å². The average molecular weight is 438 g/mol. The van der Waals surface area contributed by atoms with Crippen molar-refractivity contribution in [2.45, 2.75) is 49.6 Å². The van der Waals surface area contributed by atoms with Crippen LogP contribution in [0.15, 0.2) is 29.2 Å². The van der Waals surface area contributed by atoms with Crippen molar-refractivity contribution in [2.75, 3.05) is 39.0 Å². The molecule has 1 unspecified atom stereocenters. The molecule has 3 rings (SSSR count). The second kappa shape index (κ2) is 9.78. The molecule has 0 bridgehead atoms. The standard InChI is InChI=1S/C21H31N3O5S/c1-16(21(26)22-17-5-6-17)23-11-13-24(14-12-23)20(25)4-3-15-29-18-7-9-19(10-8-18)30(2,27)28/h7-10,16-17H,3-6,11-15H2,1-2H3,(H,22,26). The highest BCUT2D eigenvalue weighted by molar-refractivity contribution is 7.90. The van der Waals surface area contributed by atoms with E-state index in [-0.39, 0.29) is 22.8 Å². The Labute approximate surface area is 178 Å². The lowest BCUT2D eigenvalue weighted by molar-refractivity contribution is -0.134. The van der Waals surface area contributed by atoms with Crippen LogP contribution in [-0.4, -0.2) is 81.2 Å². The molecule has 166 valence electrons. The SMILES string of the molecule is CC(C(=O)NC1CC1)N1CCN(C(=O)CCCOc2ccc(S(C)(=O)=O)cc2)CC1. The summed E-state index contributed by atoms with van der Waals surface area (Å²) in [6.45, 7) is 4.99. The summed E-state index contributed by atoms with van der Waals surface area (Å²) in [4.78, 5) is 28.9. The second-order valence-corrected chi connectivity index (χ2v) is 10.1. The Morgan fingerprint density at radius 1 is 1.13 bits per heavy atom. The Hall–Kier alpha value is -2.13. The molecule has 8 nitrogen and oxygen atoms in total. The number of amides is 2. The predicted molar refractivity (Wildman–Crippen MR) is 113 cm³/mol. The quantitative estimate of drug-likeness (QED) is 0.581. The van der Waals surface area contributed by atoms with Crippen LogP contribution in [0.1, 0.15) is 32.6 Å². The summed E-state index contributed by atoms with van der Waals surface area (Å²) in [7, 11) is -3.22. The van der Waals surface area contributed by atoms with Gasteiger partial charge in [-0.1, -0.05) is 0 Å².